The third-order valence-electron chi connectivity index (χ3n) is 3.74. The van der Waals surface area contributed by atoms with E-state index in [-0.39, 0.29) is 23.4 Å². The number of piperidine rings is 1. The molecule has 0 bridgehead atoms. The molecule has 0 saturated carbocycles. The molecule has 2 unspecified atom stereocenters. The van der Waals surface area contributed by atoms with Crippen LogP contribution in [0.15, 0.2) is 10.9 Å². The Labute approximate surface area is 104 Å². The van der Waals surface area contributed by atoms with Gasteiger partial charge in [0.25, 0.3) is 5.56 Å². The summed E-state index contributed by atoms with van der Waals surface area (Å²) >= 11 is 0. The molecule has 2 aliphatic rings. The standard InChI is InChI=1S/C12H16N4O2/c1-7-14-10(5-11(17)15-7)16-4-2-3-8-9(16)6-13-12(8)18/h5,8-9H,2-4,6H2,1H3,(H,13,18)(H,14,15,17). The van der Waals surface area contributed by atoms with E-state index in [9.17, 15) is 9.59 Å². The fourth-order valence-corrected chi connectivity index (χ4v) is 2.95. The number of carbonyl (C=O) groups excluding carboxylic acids is 1. The molecule has 1 amide bonds. The molecule has 0 aliphatic carbocycles. The third kappa shape index (κ3) is 1.77. The first-order valence-corrected chi connectivity index (χ1v) is 6.27. The highest BCUT2D eigenvalue weighted by molar-refractivity contribution is 5.83. The number of amides is 1. The van der Waals surface area contributed by atoms with Gasteiger partial charge >= 0.3 is 0 Å². The molecule has 18 heavy (non-hydrogen) atoms. The van der Waals surface area contributed by atoms with Crippen molar-refractivity contribution in [2.24, 2.45) is 5.92 Å². The van der Waals surface area contributed by atoms with Gasteiger partial charge in [-0.1, -0.05) is 0 Å². The minimum Gasteiger partial charge on any atom is -0.354 e. The second-order valence-electron chi connectivity index (χ2n) is 4.94. The van der Waals surface area contributed by atoms with Crippen molar-refractivity contribution < 1.29 is 4.79 Å². The molecule has 0 spiro atoms. The predicted octanol–water partition coefficient (Wildman–Crippen LogP) is -0.207. The Bertz CT molecular complexity index is 539. The van der Waals surface area contributed by atoms with Gasteiger partial charge in [-0.2, -0.15) is 0 Å². The van der Waals surface area contributed by atoms with E-state index in [0.29, 0.717) is 18.2 Å². The van der Waals surface area contributed by atoms with Crippen LogP contribution in [0.5, 0.6) is 0 Å². The summed E-state index contributed by atoms with van der Waals surface area (Å²) in [6.45, 7) is 3.27. The second kappa shape index (κ2) is 4.12. The summed E-state index contributed by atoms with van der Waals surface area (Å²) < 4.78 is 0. The van der Waals surface area contributed by atoms with Crippen LogP contribution in [0.4, 0.5) is 5.82 Å². The van der Waals surface area contributed by atoms with Gasteiger partial charge in [0.15, 0.2) is 0 Å². The number of aromatic nitrogens is 2. The Morgan fingerprint density at radius 3 is 3.06 bits per heavy atom. The summed E-state index contributed by atoms with van der Waals surface area (Å²) in [5.74, 6) is 1.46. The van der Waals surface area contributed by atoms with E-state index in [4.69, 9.17) is 0 Å². The molecule has 2 fully saturated rings. The van der Waals surface area contributed by atoms with Crippen LogP contribution in [0.3, 0.4) is 0 Å². The average Bonchev–Trinajstić information content (AvgIpc) is 2.70. The smallest absolute Gasteiger partial charge is 0.252 e. The van der Waals surface area contributed by atoms with Crippen LogP contribution in [0.1, 0.15) is 18.7 Å². The Morgan fingerprint density at radius 2 is 2.28 bits per heavy atom. The largest absolute Gasteiger partial charge is 0.354 e. The maximum atomic E-state index is 11.7. The van der Waals surface area contributed by atoms with Gasteiger partial charge in [-0.3, -0.25) is 9.59 Å². The first-order valence-electron chi connectivity index (χ1n) is 6.27. The third-order valence-corrected chi connectivity index (χ3v) is 3.74. The van der Waals surface area contributed by atoms with Gasteiger partial charge < -0.3 is 15.2 Å². The molecule has 96 valence electrons. The number of aromatic amines is 1. The quantitative estimate of drug-likeness (QED) is 0.721. The van der Waals surface area contributed by atoms with Crippen molar-refractivity contribution in [1.82, 2.24) is 15.3 Å². The zero-order valence-electron chi connectivity index (χ0n) is 10.3. The molecule has 2 aliphatic heterocycles. The molecule has 0 radical (unpaired) electrons. The summed E-state index contributed by atoms with van der Waals surface area (Å²) in [4.78, 5) is 32.3. The number of carbonyl (C=O) groups is 1. The first-order chi connectivity index (χ1) is 8.65. The number of rotatable bonds is 1. The number of anilines is 1. The van der Waals surface area contributed by atoms with Crippen LogP contribution in [-0.2, 0) is 4.79 Å². The average molecular weight is 248 g/mol. The fraction of sp³-hybridized carbons (Fsp3) is 0.583. The Balaban J connectivity index is 1.95. The number of nitrogens with one attached hydrogen (secondary N) is 2. The lowest BCUT2D eigenvalue weighted by atomic mass is 9.91. The first kappa shape index (κ1) is 11.3. The van der Waals surface area contributed by atoms with Gasteiger partial charge in [-0.25, -0.2) is 4.98 Å². The van der Waals surface area contributed by atoms with Gasteiger partial charge in [-0.15, -0.1) is 0 Å². The van der Waals surface area contributed by atoms with Crippen LogP contribution in [0.25, 0.3) is 0 Å². The highest BCUT2D eigenvalue weighted by atomic mass is 16.2. The van der Waals surface area contributed by atoms with Crippen molar-refractivity contribution >= 4 is 11.7 Å². The van der Waals surface area contributed by atoms with Gasteiger partial charge in [-0.05, 0) is 19.8 Å². The van der Waals surface area contributed by atoms with E-state index >= 15 is 0 Å². The van der Waals surface area contributed by atoms with Crippen LogP contribution in [-0.4, -0.2) is 35.0 Å². The molecule has 1 aromatic rings. The summed E-state index contributed by atoms with van der Waals surface area (Å²) in [6.07, 6.45) is 1.89. The van der Waals surface area contributed by atoms with Crippen molar-refractivity contribution in [2.75, 3.05) is 18.0 Å². The van der Waals surface area contributed by atoms with Gasteiger partial charge in [0.2, 0.25) is 5.91 Å². The van der Waals surface area contributed by atoms with E-state index in [0.717, 1.165) is 19.4 Å². The van der Waals surface area contributed by atoms with Crippen LogP contribution < -0.4 is 15.8 Å². The summed E-state index contributed by atoms with van der Waals surface area (Å²) in [5, 5.41) is 2.90. The molecule has 1 aromatic heterocycles. The number of hydrogen-bond acceptors (Lipinski definition) is 4. The Kier molecular flexibility index (Phi) is 2.57. The molecule has 6 nitrogen and oxygen atoms in total. The number of H-pyrrole nitrogens is 1. The summed E-state index contributed by atoms with van der Waals surface area (Å²) in [7, 11) is 0. The van der Waals surface area contributed by atoms with E-state index in [1.807, 2.05) is 0 Å². The highest BCUT2D eigenvalue weighted by Gasteiger charge is 2.41. The van der Waals surface area contributed by atoms with Crippen molar-refractivity contribution in [3.05, 3.63) is 22.2 Å². The van der Waals surface area contributed by atoms with Gasteiger partial charge in [0.05, 0.1) is 12.0 Å². The topological polar surface area (TPSA) is 78.1 Å². The number of fused-ring (bicyclic) bond motifs is 1. The van der Waals surface area contributed by atoms with E-state index in [1.54, 1.807) is 6.92 Å². The molecular weight excluding hydrogens is 232 g/mol. The van der Waals surface area contributed by atoms with Crippen molar-refractivity contribution in [2.45, 2.75) is 25.8 Å². The highest BCUT2D eigenvalue weighted by Crippen LogP contribution is 2.29. The lowest BCUT2D eigenvalue weighted by Crippen LogP contribution is -2.46. The summed E-state index contributed by atoms with van der Waals surface area (Å²) in [5.41, 5.74) is -0.142. The minimum absolute atomic E-state index is 0.0418. The lowest BCUT2D eigenvalue weighted by molar-refractivity contribution is -0.122. The molecule has 2 saturated heterocycles. The van der Waals surface area contributed by atoms with E-state index in [1.165, 1.54) is 6.07 Å². The van der Waals surface area contributed by atoms with Crippen LogP contribution in [0.2, 0.25) is 0 Å². The SMILES string of the molecule is Cc1nc(N2CCCC3C(=O)NCC32)cc(=O)[nH]1. The molecular formula is C12H16N4O2. The molecule has 2 atom stereocenters. The Morgan fingerprint density at radius 1 is 1.44 bits per heavy atom. The van der Waals surface area contributed by atoms with Gasteiger partial charge in [0, 0.05) is 19.2 Å². The second-order valence-corrected chi connectivity index (χ2v) is 4.94. The van der Waals surface area contributed by atoms with Crippen molar-refractivity contribution in [1.29, 1.82) is 0 Å². The van der Waals surface area contributed by atoms with Crippen LogP contribution in [0, 0.1) is 12.8 Å². The zero-order chi connectivity index (χ0) is 12.7. The maximum absolute atomic E-state index is 11.7. The van der Waals surface area contributed by atoms with Crippen LogP contribution >= 0.6 is 0 Å². The molecule has 3 heterocycles. The number of nitrogens with zero attached hydrogens (tertiary/aromatic N) is 2. The lowest BCUT2D eigenvalue weighted by Gasteiger charge is -2.36. The van der Waals surface area contributed by atoms with Crippen molar-refractivity contribution in [3.63, 3.8) is 0 Å². The normalized spacial score (nSPS) is 26.9. The number of hydrogen-bond donors (Lipinski definition) is 2. The molecule has 3 rings (SSSR count). The van der Waals surface area contributed by atoms with Crippen molar-refractivity contribution in [3.8, 4) is 0 Å². The molecule has 0 aromatic carbocycles. The predicted molar refractivity (Wildman–Crippen MR) is 66.5 cm³/mol. The molecule has 6 heteroatoms. The van der Waals surface area contributed by atoms with Gasteiger partial charge in [0.1, 0.15) is 11.6 Å². The fourth-order valence-electron chi connectivity index (χ4n) is 2.95. The number of aryl methyl sites for hydroxylation is 1. The monoisotopic (exact) mass is 248 g/mol. The van der Waals surface area contributed by atoms with E-state index in [2.05, 4.69) is 20.2 Å². The summed E-state index contributed by atoms with van der Waals surface area (Å²) in [6, 6.07) is 1.65. The maximum Gasteiger partial charge on any atom is 0.252 e. The zero-order valence-corrected chi connectivity index (χ0v) is 10.3. The minimum atomic E-state index is -0.142. The van der Waals surface area contributed by atoms with E-state index < -0.39 is 0 Å². The molecule has 2 N–H and O–H groups in total. The Hall–Kier alpha value is -1.85.